The molecule has 3 aromatic carbocycles. The van der Waals surface area contributed by atoms with Crippen LogP contribution in [0.5, 0.6) is 11.5 Å². The predicted octanol–water partition coefficient (Wildman–Crippen LogP) is 4.54. The van der Waals surface area contributed by atoms with Crippen molar-refractivity contribution in [1.82, 2.24) is 5.32 Å². The highest BCUT2D eigenvalue weighted by molar-refractivity contribution is 9.10. The third-order valence-corrected chi connectivity index (χ3v) is 4.94. The number of amides is 1. The zero-order chi connectivity index (χ0) is 20.9. The largest absolute Gasteiger partial charge is 0.457 e. The zero-order valence-electron chi connectivity index (χ0n) is 15.6. The monoisotopic (exact) mass is 474 g/mol. The number of rotatable bonds is 7. The van der Waals surface area contributed by atoms with Crippen molar-refractivity contribution in [3.8, 4) is 11.5 Å². The molecule has 0 aliphatic carbocycles. The quantitative estimate of drug-likeness (QED) is 0.526. The molecule has 0 atom stereocenters. The van der Waals surface area contributed by atoms with Gasteiger partial charge >= 0.3 is 0 Å². The maximum absolute atomic E-state index is 12.8. The Labute approximate surface area is 178 Å². The molecule has 6 nitrogen and oxygen atoms in total. The molecular formula is C21H19BrN2O4S. The van der Waals surface area contributed by atoms with Gasteiger partial charge in [0.15, 0.2) is 0 Å². The van der Waals surface area contributed by atoms with E-state index < -0.39 is 15.9 Å². The summed E-state index contributed by atoms with van der Waals surface area (Å²) in [6.45, 7) is 0.314. The van der Waals surface area contributed by atoms with Crippen LogP contribution >= 0.6 is 15.9 Å². The second kappa shape index (κ2) is 9.11. The molecule has 0 fully saturated rings. The molecule has 0 heterocycles. The fourth-order valence-corrected chi connectivity index (χ4v) is 3.56. The van der Waals surface area contributed by atoms with Crippen molar-refractivity contribution in [3.63, 3.8) is 0 Å². The van der Waals surface area contributed by atoms with Crippen LogP contribution in [0.15, 0.2) is 77.3 Å². The summed E-state index contributed by atoms with van der Waals surface area (Å²) in [6, 6.07) is 21.3. The van der Waals surface area contributed by atoms with Gasteiger partial charge in [-0.2, -0.15) is 0 Å². The first-order chi connectivity index (χ1) is 13.8. The Balaban J connectivity index is 1.86. The molecular weight excluding hydrogens is 456 g/mol. The van der Waals surface area contributed by atoms with Crippen LogP contribution in [0.4, 0.5) is 5.69 Å². The summed E-state index contributed by atoms with van der Waals surface area (Å²) in [5, 5.41) is 2.80. The summed E-state index contributed by atoms with van der Waals surface area (Å²) < 4.78 is 32.4. The van der Waals surface area contributed by atoms with Crippen molar-refractivity contribution < 1.29 is 17.9 Å². The lowest BCUT2D eigenvalue weighted by atomic mass is 10.1. The van der Waals surface area contributed by atoms with Gasteiger partial charge in [0.2, 0.25) is 10.0 Å². The number of nitrogens with one attached hydrogen (secondary N) is 2. The topological polar surface area (TPSA) is 84.5 Å². The van der Waals surface area contributed by atoms with Crippen LogP contribution < -0.4 is 14.8 Å². The maximum Gasteiger partial charge on any atom is 0.253 e. The molecule has 0 radical (unpaired) electrons. The summed E-state index contributed by atoms with van der Waals surface area (Å²) in [7, 11) is -3.55. The SMILES string of the molecule is CS(=O)(=O)Nc1ccc(Oc2cccc(Br)c2)cc1C(=O)NCc1ccccc1. The summed E-state index contributed by atoms with van der Waals surface area (Å²) in [5.41, 5.74) is 1.28. The third-order valence-electron chi connectivity index (χ3n) is 3.86. The van der Waals surface area contributed by atoms with Crippen LogP contribution in [0.25, 0.3) is 0 Å². The van der Waals surface area contributed by atoms with Gasteiger partial charge in [-0.05, 0) is 42.0 Å². The van der Waals surface area contributed by atoms with Gasteiger partial charge in [-0.15, -0.1) is 0 Å². The third kappa shape index (κ3) is 6.33. The number of sulfonamides is 1. The van der Waals surface area contributed by atoms with Crippen molar-refractivity contribution in [1.29, 1.82) is 0 Å². The maximum atomic E-state index is 12.8. The van der Waals surface area contributed by atoms with E-state index in [9.17, 15) is 13.2 Å². The Morgan fingerprint density at radius 2 is 1.69 bits per heavy atom. The van der Waals surface area contributed by atoms with Crippen molar-refractivity contribution in [2.75, 3.05) is 11.0 Å². The molecule has 0 saturated heterocycles. The lowest BCUT2D eigenvalue weighted by molar-refractivity contribution is 0.0951. The Morgan fingerprint density at radius 3 is 2.38 bits per heavy atom. The van der Waals surface area contributed by atoms with E-state index in [0.717, 1.165) is 16.3 Å². The number of benzene rings is 3. The molecule has 2 N–H and O–H groups in total. The van der Waals surface area contributed by atoms with Gasteiger partial charge in [0.25, 0.3) is 5.91 Å². The Hall–Kier alpha value is -2.84. The fourth-order valence-electron chi connectivity index (χ4n) is 2.60. The van der Waals surface area contributed by atoms with E-state index in [4.69, 9.17) is 4.74 Å². The molecule has 0 spiro atoms. The molecule has 3 aromatic rings. The summed E-state index contributed by atoms with van der Waals surface area (Å²) in [5.74, 6) is 0.575. The first-order valence-corrected chi connectivity index (χ1v) is 11.4. The highest BCUT2D eigenvalue weighted by Crippen LogP contribution is 2.28. The average Bonchev–Trinajstić information content (AvgIpc) is 2.67. The number of hydrogen-bond donors (Lipinski definition) is 2. The lowest BCUT2D eigenvalue weighted by Crippen LogP contribution is -2.24. The first kappa shape index (κ1) is 20.9. The van der Waals surface area contributed by atoms with E-state index in [2.05, 4.69) is 26.0 Å². The molecule has 8 heteroatoms. The van der Waals surface area contributed by atoms with Gasteiger partial charge < -0.3 is 10.1 Å². The van der Waals surface area contributed by atoms with Crippen LogP contribution in [0, 0.1) is 0 Å². The number of anilines is 1. The van der Waals surface area contributed by atoms with Gasteiger partial charge in [0, 0.05) is 11.0 Å². The standard InChI is InChI=1S/C21H19BrN2O4S/c1-29(26,27)24-20-11-10-18(28-17-9-5-8-16(22)12-17)13-19(20)21(25)23-14-15-6-3-2-4-7-15/h2-13,24H,14H2,1H3,(H,23,25). The first-order valence-electron chi connectivity index (χ1n) is 8.67. The van der Waals surface area contributed by atoms with E-state index in [1.54, 1.807) is 18.2 Å². The van der Waals surface area contributed by atoms with E-state index >= 15 is 0 Å². The predicted molar refractivity (Wildman–Crippen MR) is 117 cm³/mol. The highest BCUT2D eigenvalue weighted by Gasteiger charge is 2.16. The minimum atomic E-state index is -3.55. The summed E-state index contributed by atoms with van der Waals surface area (Å²) in [4.78, 5) is 12.8. The molecule has 0 aromatic heterocycles. The molecule has 3 rings (SSSR count). The van der Waals surface area contributed by atoms with Gasteiger partial charge in [-0.25, -0.2) is 8.42 Å². The second-order valence-electron chi connectivity index (χ2n) is 6.31. The molecule has 150 valence electrons. The van der Waals surface area contributed by atoms with Gasteiger partial charge in [-0.1, -0.05) is 52.3 Å². The van der Waals surface area contributed by atoms with Crippen LogP contribution in [0.1, 0.15) is 15.9 Å². The van der Waals surface area contributed by atoms with Crippen molar-refractivity contribution >= 4 is 37.5 Å². The Bertz CT molecular complexity index is 1120. The molecule has 0 aliphatic heterocycles. The molecule has 0 unspecified atom stereocenters. The van der Waals surface area contributed by atoms with Crippen molar-refractivity contribution in [2.45, 2.75) is 6.54 Å². The van der Waals surface area contributed by atoms with Crippen molar-refractivity contribution in [2.24, 2.45) is 0 Å². The molecule has 0 aliphatic rings. The van der Waals surface area contributed by atoms with Crippen LogP contribution in [0.2, 0.25) is 0 Å². The van der Waals surface area contributed by atoms with E-state index in [1.807, 2.05) is 42.5 Å². The fraction of sp³-hybridized carbons (Fsp3) is 0.0952. The Morgan fingerprint density at radius 1 is 0.966 bits per heavy atom. The molecule has 0 bridgehead atoms. The lowest BCUT2D eigenvalue weighted by Gasteiger charge is -2.14. The second-order valence-corrected chi connectivity index (χ2v) is 8.97. The summed E-state index contributed by atoms with van der Waals surface area (Å²) in [6.07, 6.45) is 1.03. The average molecular weight is 475 g/mol. The van der Waals surface area contributed by atoms with Crippen LogP contribution in [-0.2, 0) is 16.6 Å². The van der Waals surface area contributed by atoms with Gasteiger partial charge in [-0.3, -0.25) is 9.52 Å². The van der Waals surface area contributed by atoms with Crippen LogP contribution in [-0.4, -0.2) is 20.6 Å². The van der Waals surface area contributed by atoms with Gasteiger partial charge in [0.1, 0.15) is 11.5 Å². The number of carbonyl (C=O) groups is 1. The smallest absolute Gasteiger partial charge is 0.253 e. The number of carbonyl (C=O) groups excluding carboxylic acids is 1. The number of hydrogen-bond acceptors (Lipinski definition) is 4. The molecule has 0 saturated carbocycles. The number of ether oxygens (including phenoxy) is 1. The van der Waals surface area contributed by atoms with Crippen molar-refractivity contribution in [3.05, 3.63) is 88.4 Å². The van der Waals surface area contributed by atoms with Crippen LogP contribution in [0.3, 0.4) is 0 Å². The van der Waals surface area contributed by atoms with Gasteiger partial charge in [0.05, 0.1) is 17.5 Å². The minimum Gasteiger partial charge on any atom is -0.457 e. The number of halogens is 1. The molecule has 1 amide bonds. The molecule has 29 heavy (non-hydrogen) atoms. The minimum absolute atomic E-state index is 0.166. The highest BCUT2D eigenvalue weighted by atomic mass is 79.9. The normalized spacial score (nSPS) is 11.0. The Kier molecular flexibility index (Phi) is 6.56. The zero-order valence-corrected chi connectivity index (χ0v) is 18.0. The summed E-state index contributed by atoms with van der Waals surface area (Å²) >= 11 is 3.38. The van der Waals surface area contributed by atoms with E-state index in [1.165, 1.54) is 12.1 Å². The van der Waals surface area contributed by atoms with E-state index in [-0.39, 0.29) is 11.3 Å². The van der Waals surface area contributed by atoms with E-state index in [0.29, 0.717) is 18.0 Å².